The van der Waals surface area contributed by atoms with Crippen molar-refractivity contribution in [2.45, 2.75) is 12.7 Å². The molecule has 1 N–H and O–H groups in total. The van der Waals surface area contributed by atoms with E-state index in [1.54, 1.807) is 36.5 Å². The second kappa shape index (κ2) is 10.4. The summed E-state index contributed by atoms with van der Waals surface area (Å²) in [5, 5.41) is 24.3. The first kappa shape index (κ1) is 23.3. The molecule has 6 nitrogen and oxygen atoms in total. The molecule has 0 saturated carbocycles. The highest BCUT2D eigenvalue weighted by atomic mass is 31.2. The predicted octanol–water partition coefficient (Wildman–Crippen LogP) is 4.17. The molecule has 0 saturated heterocycles. The van der Waals surface area contributed by atoms with Crippen LogP contribution in [0.2, 0.25) is 0 Å². The summed E-state index contributed by atoms with van der Waals surface area (Å²) in [7, 11) is -1.60. The third-order valence-electron chi connectivity index (χ3n) is 5.53. The largest absolute Gasteiger partial charge is 0.618 e. The molecule has 1 heterocycles. The topological polar surface area (TPSA) is 85.8 Å². The second-order valence-corrected chi connectivity index (χ2v) is 10.6. The van der Waals surface area contributed by atoms with E-state index in [2.05, 4.69) is 4.99 Å². The molecule has 0 aliphatic carbocycles. The van der Waals surface area contributed by atoms with E-state index in [0.29, 0.717) is 27.7 Å². The lowest BCUT2D eigenvalue weighted by Gasteiger charge is -2.19. The van der Waals surface area contributed by atoms with E-state index < -0.39 is 7.14 Å². The highest BCUT2D eigenvalue weighted by Crippen LogP contribution is 2.46. The fourth-order valence-corrected chi connectivity index (χ4v) is 6.40. The Morgan fingerprint density at radius 1 is 0.912 bits per heavy atom. The van der Waals surface area contributed by atoms with Gasteiger partial charge in [-0.3, -0.25) is 4.99 Å². The molecule has 1 aromatic heterocycles. The lowest BCUT2D eigenvalue weighted by Crippen LogP contribution is -2.37. The molecule has 3 aromatic carbocycles. The van der Waals surface area contributed by atoms with Gasteiger partial charge in [0.15, 0.2) is 18.6 Å². The normalized spacial score (nSPS) is 11.6. The van der Waals surface area contributed by atoms with Gasteiger partial charge < -0.3 is 19.6 Å². The molecule has 7 heteroatoms. The molecule has 0 atom stereocenters. The molecule has 0 unspecified atom stereocenters. The summed E-state index contributed by atoms with van der Waals surface area (Å²) in [5.74, 6) is 0.397. The summed E-state index contributed by atoms with van der Waals surface area (Å²) in [6.07, 6.45) is 1.73. The first-order chi connectivity index (χ1) is 16.5. The first-order valence-electron chi connectivity index (χ1n) is 10.8. The van der Waals surface area contributed by atoms with E-state index in [-0.39, 0.29) is 18.5 Å². The minimum Gasteiger partial charge on any atom is -0.618 e. The van der Waals surface area contributed by atoms with Crippen LogP contribution in [0.4, 0.5) is 0 Å². The van der Waals surface area contributed by atoms with Crippen molar-refractivity contribution in [3.05, 3.63) is 119 Å². The van der Waals surface area contributed by atoms with Gasteiger partial charge in [-0.1, -0.05) is 60.7 Å². The fraction of sp³-hybridized carbons (Fsp3) is 0.111. The van der Waals surface area contributed by atoms with E-state index >= 15 is 0 Å². The van der Waals surface area contributed by atoms with Crippen LogP contribution in [0, 0.1) is 5.21 Å². The Bertz CT molecular complexity index is 1300. The smallest absolute Gasteiger partial charge is 0.214 e. The van der Waals surface area contributed by atoms with Crippen molar-refractivity contribution in [2.75, 3.05) is 7.11 Å². The van der Waals surface area contributed by atoms with Crippen LogP contribution < -0.4 is 20.1 Å². The van der Waals surface area contributed by atoms with Gasteiger partial charge in [-0.15, -0.1) is 0 Å². The van der Waals surface area contributed by atoms with Gasteiger partial charge in [0.25, 0.3) is 0 Å². The Kier molecular flexibility index (Phi) is 7.09. The maximum Gasteiger partial charge on any atom is 0.214 e. The number of aromatic nitrogens is 1. The van der Waals surface area contributed by atoms with Crippen LogP contribution in [-0.4, -0.2) is 18.4 Å². The number of hydrogen-bond acceptors (Lipinski definition) is 5. The zero-order valence-electron chi connectivity index (χ0n) is 18.7. The molecule has 0 aliphatic heterocycles. The van der Waals surface area contributed by atoms with E-state index in [4.69, 9.17) is 4.74 Å². The highest BCUT2D eigenvalue weighted by molar-refractivity contribution is 7.78. The molecule has 0 radical (unpaired) electrons. The summed E-state index contributed by atoms with van der Waals surface area (Å²) in [5.41, 5.74) is 1.61. The molecule has 172 valence electrons. The number of benzene rings is 3. The lowest BCUT2D eigenvalue weighted by atomic mass is 10.2. The molecule has 4 aromatic rings. The molecule has 0 spiro atoms. The fourth-order valence-electron chi connectivity index (χ4n) is 3.74. The molecule has 0 bridgehead atoms. The van der Waals surface area contributed by atoms with Crippen molar-refractivity contribution in [1.29, 1.82) is 0 Å². The van der Waals surface area contributed by atoms with Gasteiger partial charge >= 0.3 is 0 Å². The minimum atomic E-state index is -3.08. The van der Waals surface area contributed by atoms with E-state index in [9.17, 15) is 14.9 Å². The maximum atomic E-state index is 14.3. The van der Waals surface area contributed by atoms with Gasteiger partial charge in [0.2, 0.25) is 11.4 Å². The van der Waals surface area contributed by atoms with Gasteiger partial charge in [-0.05, 0) is 29.8 Å². The van der Waals surface area contributed by atoms with Crippen molar-refractivity contribution in [3.8, 4) is 11.5 Å². The van der Waals surface area contributed by atoms with Crippen LogP contribution in [-0.2, 0) is 17.3 Å². The van der Waals surface area contributed by atoms with Crippen LogP contribution in [0.1, 0.15) is 17.0 Å². The van der Waals surface area contributed by atoms with E-state index in [1.165, 1.54) is 13.2 Å². The zero-order valence-corrected chi connectivity index (χ0v) is 19.6. The molecular weight excluding hydrogens is 447 g/mol. The van der Waals surface area contributed by atoms with Crippen LogP contribution in [0.5, 0.6) is 11.5 Å². The summed E-state index contributed by atoms with van der Waals surface area (Å²) in [6, 6.07) is 28.7. The molecule has 4 rings (SSSR count). The monoisotopic (exact) mass is 472 g/mol. The highest BCUT2D eigenvalue weighted by Gasteiger charge is 2.31. The number of methoxy groups -OCH3 is 1. The minimum absolute atomic E-state index is 0.0472. The number of aliphatic imine (C=N–C) groups is 1. The van der Waals surface area contributed by atoms with Crippen molar-refractivity contribution in [1.82, 2.24) is 0 Å². The Morgan fingerprint density at radius 2 is 1.53 bits per heavy atom. The number of rotatable bonds is 8. The third kappa shape index (κ3) is 5.03. The van der Waals surface area contributed by atoms with Crippen LogP contribution in [0.3, 0.4) is 0 Å². The number of nitrogens with zero attached hydrogens (tertiary/aromatic N) is 2. The Morgan fingerprint density at radius 3 is 2.15 bits per heavy atom. The van der Waals surface area contributed by atoms with Crippen molar-refractivity contribution >= 4 is 24.0 Å². The zero-order chi connectivity index (χ0) is 24.0. The van der Waals surface area contributed by atoms with Gasteiger partial charge in [-0.2, -0.15) is 4.73 Å². The second-order valence-electron chi connectivity index (χ2n) is 7.77. The molecular formula is C27H25N2O4P. The Balaban J connectivity index is 1.61. The number of ether oxygens (including phenoxy) is 1. The Hall–Kier alpha value is -3.89. The van der Waals surface area contributed by atoms with Crippen molar-refractivity contribution in [3.63, 3.8) is 0 Å². The van der Waals surface area contributed by atoms with E-state index in [1.807, 2.05) is 60.7 Å². The lowest BCUT2D eigenvalue weighted by molar-refractivity contribution is -0.621. The number of hydrogen-bond donors (Lipinski definition) is 1. The van der Waals surface area contributed by atoms with Crippen LogP contribution >= 0.6 is 7.14 Å². The van der Waals surface area contributed by atoms with Gasteiger partial charge in [0, 0.05) is 29.0 Å². The molecule has 34 heavy (non-hydrogen) atoms. The number of aromatic hydroxyl groups is 1. The molecule has 0 fully saturated rings. The average Bonchev–Trinajstić information content (AvgIpc) is 2.88. The molecule has 0 aliphatic rings. The summed E-state index contributed by atoms with van der Waals surface area (Å²) >= 11 is 0. The maximum absolute atomic E-state index is 14.3. The number of phenols is 1. The number of phenolic OH excluding ortho intramolecular Hbond substituents is 1. The summed E-state index contributed by atoms with van der Waals surface area (Å²) in [6.45, 7) is 0.154. The first-order valence-corrected chi connectivity index (χ1v) is 12.7. The molecule has 0 amide bonds. The average molecular weight is 472 g/mol. The summed E-state index contributed by atoms with van der Waals surface area (Å²) < 4.78 is 20.3. The van der Waals surface area contributed by atoms with Gasteiger partial charge in [0.1, 0.15) is 6.54 Å². The Labute approximate surface area is 198 Å². The van der Waals surface area contributed by atoms with Crippen molar-refractivity contribution in [2.24, 2.45) is 4.99 Å². The summed E-state index contributed by atoms with van der Waals surface area (Å²) in [4.78, 5) is 4.38. The van der Waals surface area contributed by atoms with Gasteiger partial charge in [-0.25, -0.2) is 0 Å². The van der Waals surface area contributed by atoms with Crippen LogP contribution in [0.15, 0.2) is 102 Å². The standard InChI is InChI=1S/C27H25N2O4P/c1-33-27-17-21(15-16-26(27)30)18-28-19-22-9-8-10-23(29(22)31)20-34(32,24-11-4-2-5-12-24)25-13-6-3-7-14-25/h2-18,30H,19-20H2,1H3. The van der Waals surface area contributed by atoms with Crippen LogP contribution in [0.25, 0.3) is 0 Å². The van der Waals surface area contributed by atoms with Crippen molar-refractivity contribution < 1.29 is 19.1 Å². The van der Waals surface area contributed by atoms with Gasteiger partial charge in [0.05, 0.1) is 13.3 Å². The quantitative estimate of drug-likeness (QED) is 0.181. The predicted molar refractivity (Wildman–Crippen MR) is 135 cm³/mol. The third-order valence-corrected chi connectivity index (χ3v) is 8.56. The SMILES string of the molecule is COc1cc(C=NCc2cccc(CP(=O)(c3ccccc3)c3ccccc3)[n+]2[O-])ccc1O. The van der Waals surface area contributed by atoms with E-state index in [0.717, 1.165) is 10.3 Å². The number of pyridine rings is 1.